The first-order valence-electron chi connectivity index (χ1n) is 7.50. The van der Waals surface area contributed by atoms with Gasteiger partial charge in [0.1, 0.15) is 0 Å². The van der Waals surface area contributed by atoms with E-state index in [0.29, 0.717) is 0 Å². The molecule has 0 aromatic heterocycles. The fourth-order valence-corrected chi connectivity index (χ4v) is 5.60. The van der Waals surface area contributed by atoms with Crippen LogP contribution in [0.5, 0.6) is 0 Å². The molecule has 1 N–H and O–H groups in total. The van der Waals surface area contributed by atoms with Gasteiger partial charge in [0.2, 0.25) is 0 Å². The van der Waals surface area contributed by atoms with E-state index >= 15 is 0 Å². The number of rotatable bonds is 4. The molecule has 4 aliphatic rings. The average molecular weight is 221 g/mol. The van der Waals surface area contributed by atoms with E-state index in [9.17, 15) is 0 Å². The third-order valence-electron chi connectivity index (χ3n) is 5.62. The normalized spacial score (nSPS) is 49.9. The third kappa shape index (κ3) is 1.63. The Morgan fingerprint density at radius 2 is 1.75 bits per heavy atom. The van der Waals surface area contributed by atoms with Gasteiger partial charge >= 0.3 is 0 Å². The van der Waals surface area contributed by atoms with Crippen molar-refractivity contribution in [1.29, 1.82) is 0 Å². The van der Waals surface area contributed by atoms with E-state index < -0.39 is 0 Å². The zero-order chi connectivity index (χ0) is 11.2. The first-order valence-corrected chi connectivity index (χ1v) is 7.50. The van der Waals surface area contributed by atoms with Gasteiger partial charge in [-0.3, -0.25) is 0 Å². The molecular formula is C15H27N. The van der Waals surface area contributed by atoms with Gasteiger partial charge in [0.05, 0.1) is 0 Å². The fourth-order valence-electron chi connectivity index (χ4n) is 5.60. The minimum atomic E-state index is 0.789. The molecule has 0 saturated heterocycles. The van der Waals surface area contributed by atoms with Crippen molar-refractivity contribution in [3.63, 3.8) is 0 Å². The Kier molecular flexibility index (Phi) is 2.78. The van der Waals surface area contributed by atoms with Crippen LogP contribution in [0.15, 0.2) is 0 Å². The summed E-state index contributed by atoms with van der Waals surface area (Å²) in [5.74, 6) is 3.15. The molecule has 1 nitrogen and oxygen atoms in total. The van der Waals surface area contributed by atoms with Crippen LogP contribution in [0.3, 0.4) is 0 Å². The summed E-state index contributed by atoms with van der Waals surface area (Å²) < 4.78 is 0. The lowest BCUT2D eigenvalue weighted by Crippen LogP contribution is -2.58. The predicted molar refractivity (Wildman–Crippen MR) is 68.4 cm³/mol. The monoisotopic (exact) mass is 221 g/mol. The molecule has 4 bridgehead atoms. The molecule has 16 heavy (non-hydrogen) atoms. The van der Waals surface area contributed by atoms with Gasteiger partial charge in [0.25, 0.3) is 0 Å². The second kappa shape index (κ2) is 4.01. The smallest absolute Gasteiger partial charge is 0.0124 e. The maximum Gasteiger partial charge on any atom is 0.0124 e. The Bertz CT molecular complexity index is 244. The highest BCUT2D eigenvalue weighted by molar-refractivity contribution is 5.06. The summed E-state index contributed by atoms with van der Waals surface area (Å²) in [5.41, 5.74) is 0.789. The highest BCUT2D eigenvalue weighted by Crippen LogP contribution is 2.61. The quantitative estimate of drug-likeness (QED) is 0.765. The Labute approximate surface area is 100 Å². The van der Waals surface area contributed by atoms with Crippen LogP contribution < -0.4 is 5.32 Å². The Hall–Kier alpha value is -0.0400. The van der Waals surface area contributed by atoms with Crippen LogP contribution in [0.4, 0.5) is 0 Å². The van der Waals surface area contributed by atoms with E-state index in [-0.39, 0.29) is 0 Å². The van der Waals surface area contributed by atoms with E-state index in [1.54, 1.807) is 32.1 Å². The van der Waals surface area contributed by atoms with Crippen molar-refractivity contribution in [3.8, 4) is 0 Å². The van der Waals surface area contributed by atoms with Crippen molar-refractivity contribution in [2.24, 2.45) is 23.2 Å². The molecule has 2 atom stereocenters. The molecule has 4 saturated carbocycles. The molecular weight excluding hydrogens is 194 g/mol. The molecule has 4 aliphatic carbocycles. The fraction of sp³-hybridized carbons (Fsp3) is 1.00. The molecule has 4 rings (SSSR count). The molecule has 0 aromatic rings. The number of nitrogens with one attached hydrogen (secondary N) is 1. The van der Waals surface area contributed by atoms with Crippen LogP contribution in [-0.4, -0.2) is 12.6 Å². The lowest BCUT2D eigenvalue weighted by atomic mass is 9.47. The van der Waals surface area contributed by atoms with E-state index in [2.05, 4.69) is 19.2 Å². The first kappa shape index (κ1) is 11.1. The van der Waals surface area contributed by atoms with Crippen LogP contribution >= 0.6 is 0 Å². The zero-order valence-electron chi connectivity index (χ0n) is 11.0. The highest BCUT2D eigenvalue weighted by Gasteiger charge is 2.54. The van der Waals surface area contributed by atoms with Gasteiger partial charge in [0, 0.05) is 6.04 Å². The van der Waals surface area contributed by atoms with E-state index in [4.69, 9.17) is 0 Å². The Morgan fingerprint density at radius 3 is 2.31 bits per heavy atom. The summed E-state index contributed by atoms with van der Waals surface area (Å²) >= 11 is 0. The minimum absolute atomic E-state index is 0.789. The molecule has 0 radical (unpaired) electrons. The summed E-state index contributed by atoms with van der Waals surface area (Å²) in [4.78, 5) is 0. The van der Waals surface area contributed by atoms with Crippen molar-refractivity contribution in [1.82, 2.24) is 5.32 Å². The molecule has 0 amide bonds. The second-order valence-electron chi connectivity index (χ2n) is 6.80. The van der Waals surface area contributed by atoms with E-state index in [1.165, 1.54) is 19.4 Å². The summed E-state index contributed by atoms with van der Waals surface area (Å²) in [6.07, 6.45) is 10.7. The molecule has 0 aliphatic heterocycles. The van der Waals surface area contributed by atoms with E-state index in [1.807, 2.05) is 0 Å². The van der Waals surface area contributed by atoms with Gasteiger partial charge in [0.15, 0.2) is 0 Å². The predicted octanol–water partition coefficient (Wildman–Crippen LogP) is 3.59. The molecule has 2 unspecified atom stereocenters. The maximum atomic E-state index is 3.79. The van der Waals surface area contributed by atoms with Gasteiger partial charge in [-0.25, -0.2) is 0 Å². The van der Waals surface area contributed by atoms with Gasteiger partial charge in [-0.15, -0.1) is 0 Å². The minimum Gasteiger partial charge on any atom is -0.314 e. The SMILES string of the molecule is CCCC12CC3CC(C1)C(NCC)C(C3)C2. The third-order valence-corrected chi connectivity index (χ3v) is 5.62. The largest absolute Gasteiger partial charge is 0.314 e. The van der Waals surface area contributed by atoms with E-state index in [0.717, 1.165) is 29.2 Å². The molecule has 0 heterocycles. The van der Waals surface area contributed by atoms with Crippen LogP contribution in [0.1, 0.15) is 58.8 Å². The summed E-state index contributed by atoms with van der Waals surface area (Å²) in [6.45, 7) is 5.82. The van der Waals surface area contributed by atoms with Crippen molar-refractivity contribution in [2.45, 2.75) is 64.8 Å². The van der Waals surface area contributed by atoms with Crippen molar-refractivity contribution >= 4 is 0 Å². The summed E-state index contributed by atoms with van der Waals surface area (Å²) in [6, 6.07) is 0.881. The molecule has 0 spiro atoms. The molecule has 92 valence electrons. The lowest BCUT2D eigenvalue weighted by molar-refractivity contribution is -0.0801. The van der Waals surface area contributed by atoms with Gasteiger partial charge in [-0.05, 0) is 68.2 Å². The van der Waals surface area contributed by atoms with Crippen molar-refractivity contribution in [3.05, 3.63) is 0 Å². The Balaban J connectivity index is 1.78. The van der Waals surface area contributed by atoms with Crippen LogP contribution in [0.25, 0.3) is 0 Å². The molecule has 0 aromatic carbocycles. The zero-order valence-corrected chi connectivity index (χ0v) is 11.0. The van der Waals surface area contributed by atoms with Crippen LogP contribution in [-0.2, 0) is 0 Å². The second-order valence-corrected chi connectivity index (χ2v) is 6.80. The summed E-state index contributed by atoms with van der Waals surface area (Å²) in [7, 11) is 0. The highest BCUT2D eigenvalue weighted by atomic mass is 14.9. The lowest BCUT2D eigenvalue weighted by Gasteiger charge is -2.60. The van der Waals surface area contributed by atoms with Gasteiger partial charge < -0.3 is 5.32 Å². The van der Waals surface area contributed by atoms with Gasteiger partial charge in [-0.2, -0.15) is 0 Å². The summed E-state index contributed by atoms with van der Waals surface area (Å²) in [5, 5.41) is 3.79. The molecule has 4 fully saturated rings. The standard InChI is InChI=1S/C15H27N/c1-3-5-15-8-11-6-12(9-15)14(16-4-2)13(7-11)10-15/h11-14,16H,3-10H2,1-2H3. The Morgan fingerprint density at radius 1 is 1.06 bits per heavy atom. The van der Waals surface area contributed by atoms with Crippen LogP contribution in [0, 0.1) is 23.2 Å². The van der Waals surface area contributed by atoms with Crippen molar-refractivity contribution < 1.29 is 0 Å². The van der Waals surface area contributed by atoms with Crippen molar-refractivity contribution in [2.75, 3.05) is 6.54 Å². The number of hydrogen-bond donors (Lipinski definition) is 1. The van der Waals surface area contributed by atoms with Crippen LogP contribution in [0.2, 0.25) is 0 Å². The average Bonchev–Trinajstić information content (AvgIpc) is 2.22. The van der Waals surface area contributed by atoms with Gasteiger partial charge in [-0.1, -0.05) is 20.3 Å². The molecule has 1 heteroatoms. The number of hydrogen-bond acceptors (Lipinski definition) is 1. The topological polar surface area (TPSA) is 12.0 Å². The first-order chi connectivity index (χ1) is 7.76. The maximum absolute atomic E-state index is 3.79.